The van der Waals surface area contributed by atoms with Crippen molar-refractivity contribution in [1.82, 2.24) is 15.0 Å². The molecular weight excluding hydrogens is 282 g/mol. The molecule has 0 saturated heterocycles. The van der Waals surface area contributed by atoms with Gasteiger partial charge in [0.15, 0.2) is 0 Å². The Morgan fingerprint density at radius 1 is 0.739 bits per heavy atom. The van der Waals surface area contributed by atoms with E-state index in [1.165, 1.54) is 11.1 Å². The molecule has 3 heteroatoms. The molecule has 122 valence electrons. The Balaban J connectivity index is 0.000000615. The maximum absolute atomic E-state index is 4.17. The summed E-state index contributed by atoms with van der Waals surface area (Å²) in [6.45, 7) is 10.9. The zero-order chi connectivity index (χ0) is 17.1. The van der Waals surface area contributed by atoms with Crippen LogP contribution in [-0.4, -0.2) is 15.0 Å². The molecule has 3 rings (SSSR count). The number of hydrogen-bond acceptors (Lipinski definition) is 2. The van der Waals surface area contributed by atoms with E-state index in [9.17, 15) is 0 Å². The molecule has 0 saturated carbocycles. The summed E-state index contributed by atoms with van der Waals surface area (Å²) in [4.78, 5) is 0. The van der Waals surface area contributed by atoms with Crippen molar-refractivity contribution in [3.63, 3.8) is 0 Å². The second-order valence-electron chi connectivity index (χ2n) is 4.40. The molecule has 0 unspecified atom stereocenters. The van der Waals surface area contributed by atoms with Crippen LogP contribution < -0.4 is 0 Å². The maximum Gasteiger partial charge on any atom is 0.113 e. The summed E-state index contributed by atoms with van der Waals surface area (Å²) in [5.74, 6) is 0. The van der Waals surface area contributed by atoms with Gasteiger partial charge in [-0.15, -0.1) is 5.10 Å². The van der Waals surface area contributed by atoms with E-state index in [0.717, 1.165) is 17.8 Å². The van der Waals surface area contributed by atoms with Gasteiger partial charge >= 0.3 is 0 Å². The molecular formula is C20H27N3. The average molecular weight is 309 g/mol. The standard InChI is InChI=1S/C16H15N3.2C2H6/c1-2-19-12-16(17-18-19)15-10-8-14(9-11-15)13-6-4-3-5-7-13;2*1-2/h3-12H,2H2,1H3;2*1-2H3. The highest BCUT2D eigenvalue weighted by molar-refractivity contribution is 5.68. The van der Waals surface area contributed by atoms with E-state index in [1.54, 1.807) is 0 Å². The predicted molar refractivity (Wildman–Crippen MR) is 99.3 cm³/mol. The molecule has 23 heavy (non-hydrogen) atoms. The van der Waals surface area contributed by atoms with E-state index in [0.29, 0.717) is 0 Å². The van der Waals surface area contributed by atoms with Crippen LogP contribution in [0.3, 0.4) is 0 Å². The van der Waals surface area contributed by atoms with E-state index in [-0.39, 0.29) is 0 Å². The summed E-state index contributed by atoms with van der Waals surface area (Å²) in [5.41, 5.74) is 4.46. The largest absolute Gasteiger partial charge is 0.252 e. The highest BCUT2D eigenvalue weighted by atomic mass is 15.4. The second kappa shape index (κ2) is 10.3. The van der Waals surface area contributed by atoms with Crippen molar-refractivity contribution >= 4 is 0 Å². The molecule has 0 aliphatic heterocycles. The quantitative estimate of drug-likeness (QED) is 0.622. The Hall–Kier alpha value is -2.42. The van der Waals surface area contributed by atoms with Crippen LogP contribution in [0.1, 0.15) is 34.6 Å². The number of aryl methyl sites for hydroxylation is 1. The highest BCUT2D eigenvalue weighted by Gasteiger charge is 2.03. The lowest BCUT2D eigenvalue weighted by atomic mass is 10.0. The Bertz CT molecular complexity index is 655. The summed E-state index contributed by atoms with van der Waals surface area (Å²) in [6.07, 6.45) is 1.97. The lowest BCUT2D eigenvalue weighted by molar-refractivity contribution is 0.627. The number of benzene rings is 2. The predicted octanol–water partition coefficient (Wildman–Crippen LogP) is 5.68. The normalized spacial score (nSPS) is 9.26. The smallest absolute Gasteiger partial charge is 0.113 e. The van der Waals surface area contributed by atoms with Crippen LogP contribution in [0.5, 0.6) is 0 Å². The third-order valence-corrected chi connectivity index (χ3v) is 3.15. The van der Waals surface area contributed by atoms with Gasteiger partial charge in [0.1, 0.15) is 5.69 Å². The maximum atomic E-state index is 4.17. The van der Waals surface area contributed by atoms with Crippen LogP contribution in [0.2, 0.25) is 0 Å². The molecule has 0 bridgehead atoms. The fourth-order valence-corrected chi connectivity index (χ4v) is 2.05. The van der Waals surface area contributed by atoms with Crippen LogP contribution in [0.15, 0.2) is 60.8 Å². The van der Waals surface area contributed by atoms with E-state index >= 15 is 0 Å². The average Bonchev–Trinajstić information content (AvgIpc) is 3.15. The van der Waals surface area contributed by atoms with Crippen LogP contribution >= 0.6 is 0 Å². The van der Waals surface area contributed by atoms with Gasteiger partial charge in [0, 0.05) is 12.1 Å². The van der Waals surface area contributed by atoms with Gasteiger partial charge in [0.05, 0.1) is 6.20 Å². The molecule has 0 N–H and O–H groups in total. The van der Waals surface area contributed by atoms with Gasteiger partial charge in [0.25, 0.3) is 0 Å². The highest BCUT2D eigenvalue weighted by Crippen LogP contribution is 2.23. The third kappa shape index (κ3) is 5.06. The first kappa shape index (κ1) is 18.6. The van der Waals surface area contributed by atoms with Crippen molar-refractivity contribution < 1.29 is 0 Å². The molecule has 1 heterocycles. The van der Waals surface area contributed by atoms with E-state index in [4.69, 9.17) is 0 Å². The summed E-state index contributed by atoms with van der Waals surface area (Å²) >= 11 is 0. The molecule has 1 aromatic heterocycles. The van der Waals surface area contributed by atoms with E-state index in [1.807, 2.05) is 44.6 Å². The SMILES string of the molecule is CC.CC.CCn1cc(-c2ccc(-c3ccccc3)cc2)nn1. The molecule has 0 amide bonds. The Morgan fingerprint density at radius 3 is 1.78 bits per heavy atom. The lowest BCUT2D eigenvalue weighted by Crippen LogP contribution is -1.93. The number of hydrogen-bond donors (Lipinski definition) is 0. The monoisotopic (exact) mass is 309 g/mol. The van der Waals surface area contributed by atoms with E-state index < -0.39 is 0 Å². The molecule has 2 aromatic carbocycles. The fraction of sp³-hybridized carbons (Fsp3) is 0.300. The van der Waals surface area contributed by atoms with Gasteiger partial charge in [0.2, 0.25) is 0 Å². The van der Waals surface area contributed by atoms with Crippen molar-refractivity contribution in [2.75, 3.05) is 0 Å². The van der Waals surface area contributed by atoms with Crippen LogP contribution in [0.4, 0.5) is 0 Å². The summed E-state index contributed by atoms with van der Waals surface area (Å²) < 4.78 is 1.83. The van der Waals surface area contributed by atoms with Crippen molar-refractivity contribution in [2.24, 2.45) is 0 Å². The zero-order valence-electron chi connectivity index (χ0n) is 14.8. The lowest BCUT2D eigenvalue weighted by Gasteiger charge is -2.02. The Labute approximate surface area is 140 Å². The number of rotatable bonds is 3. The van der Waals surface area contributed by atoms with Crippen molar-refractivity contribution in [3.05, 3.63) is 60.8 Å². The van der Waals surface area contributed by atoms with E-state index in [2.05, 4.69) is 65.8 Å². The van der Waals surface area contributed by atoms with Crippen LogP contribution in [-0.2, 0) is 6.54 Å². The molecule has 0 radical (unpaired) electrons. The zero-order valence-corrected chi connectivity index (χ0v) is 14.8. The molecule has 0 aliphatic carbocycles. The Morgan fingerprint density at radius 2 is 1.26 bits per heavy atom. The van der Waals surface area contributed by atoms with Gasteiger partial charge < -0.3 is 0 Å². The number of aromatic nitrogens is 3. The summed E-state index contributed by atoms with van der Waals surface area (Å²) in [7, 11) is 0. The molecule has 0 atom stereocenters. The number of nitrogens with zero attached hydrogens (tertiary/aromatic N) is 3. The first-order chi connectivity index (χ1) is 11.4. The molecule has 3 aromatic rings. The van der Waals surface area contributed by atoms with Crippen molar-refractivity contribution in [3.8, 4) is 22.4 Å². The fourth-order valence-electron chi connectivity index (χ4n) is 2.05. The summed E-state index contributed by atoms with van der Waals surface area (Å²) in [5, 5.41) is 8.23. The van der Waals surface area contributed by atoms with Gasteiger partial charge in [-0.25, -0.2) is 0 Å². The first-order valence-corrected chi connectivity index (χ1v) is 8.43. The van der Waals surface area contributed by atoms with Crippen molar-refractivity contribution in [1.29, 1.82) is 0 Å². The van der Waals surface area contributed by atoms with Gasteiger partial charge in [-0.3, -0.25) is 4.68 Å². The van der Waals surface area contributed by atoms with Crippen LogP contribution in [0, 0.1) is 0 Å². The second-order valence-corrected chi connectivity index (χ2v) is 4.40. The minimum atomic E-state index is 0.842. The first-order valence-electron chi connectivity index (χ1n) is 8.43. The molecule has 3 nitrogen and oxygen atoms in total. The van der Waals surface area contributed by atoms with Gasteiger partial charge in [-0.05, 0) is 18.1 Å². The molecule has 0 aliphatic rings. The van der Waals surface area contributed by atoms with Gasteiger partial charge in [-0.2, -0.15) is 0 Å². The van der Waals surface area contributed by atoms with Crippen LogP contribution in [0.25, 0.3) is 22.4 Å². The third-order valence-electron chi connectivity index (χ3n) is 3.15. The summed E-state index contributed by atoms with van der Waals surface area (Å²) in [6, 6.07) is 18.8. The minimum Gasteiger partial charge on any atom is -0.252 e. The minimum absolute atomic E-state index is 0.842. The Kier molecular flexibility index (Phi) is 8.37. The topological polar surface area (TPSA) is 30.7 Å². The molecule has 0 spiro atoms. The van der Waals surface area contributed by atoms with Gasteiger partial charge in [-0.1, -0.05) is 87.5 Å². The van der Waals surface area contributed by atoms with Crippen molar-refractivity contribution in [2.45, 2.75) is 41.2 Å². The molecule has 0 fully saturated rings.